The van der Waals surface area contributed by atoms with Crippen molar-refractivity contribution in [3.63, 3.8) is 0 Å². The Bertz CT molecular complexity index is 954. The maximum absolute atomic E-state index is 12.7. The molecule has 1 aromatic carbocycles. The third-order valence-corrected chi connectivity index (χ3v) is 6.98. The van der Waals surface area contributed by atoms with Crippen LogP contribution in [0.25, 0.3) is 11.3 Å². The van der Waals surface area contributed by atoms with Crippen molar-refractivity contribution in [1.29, 1.82) is 0 Å². The van der Waals surface area contributed by atoms with Crippen molar-refractivity contribution >= 4 is 27.3 Å². The fourth-order valence-electron chi connectivity index (χ4n) is 3.25. The Morgan fingerprint density at radius 1 is 1.36 bits per heavy atom. The zero-order chi connectivity index (χ0) is 20.5. The summed E-state index contributed by atoms with van der Waals surface area (Å²) < 4.78 is 25.5. The van der Waals surface area contributed by atoms with Crippen LogP contribution >= 0.6 is 11.6 Å². The summed E-state index contributed by atoms with van der Waals surface area (Å²) in [6.45, 7) is 3.64. The molecule has 0 unspecified atom stereocenters. The number of hydrogen-bond acceptors (Lipinski definition) is 5. The molecule has 2 heterocycles. The van der Waals surface area contributed by atoms with Crippen molar-refractivity contribution in [3.05, 3.63) is 41.0 Å². The molecule has 2 aromatic rings. The summed E-state index contributed by atoms with van der Waals surface area (Å²) in [7, 11) is -3.11. The summed E-state index contributed by atoms with van der Waals surface area (Å²) >= 11 is 5.97. The third-order valence-electron chi connectivity index (χ3n) is 4.98. The van der Waals surface area contributed by atoms with Crippen LogP contribution in [0.1, 0.15) is 36.8 Å². The van der Waals surface area contributed by atoms with Gasteiger partial charge in [0.25, 0.3) is 5.91 Å². The van der Waals surface area contributed by atoms with Gasteiger partial charge in [-0.1, -0.05) is 37.6 Å². The third kappa shape index (κ3) is 4.56. The van der Waals surface area contributed by atoms with Gasteiger partial charge in [-0.05, 0) is 36.1 Å². The van der Waals surface area contributed by atoms with E-state index in [1.165, 1.54) is 0 Å². The summed E-state index contributed by atoms with van der Waals surface area (Å²) in [5, 5.41) is 17.3. The van der Waals surface area contributed by atoms with Gasteiger partial charge in [-0.15, -0.1) is 0 Å². The van der Waals surface area contributed by atoms with Crippen molar-refractivity contribution in [2.45, 2.75) is 32.4 Å². The molecule has 0 saturated carbocycles. The van der Waals surface area contributed by atoms with Gasteiger partial charge in [0.15, 0.2) is 15.5 Å². The number of hydrogen-bond donors (Lipinski definition) is 2. The van der Waals surface area contributed by atoms with Gasteiger partial charge in [0.2, 0.25) is 0 Å². The molecule has 1 aliphatic heterocycles. The fourth-order valence-corrected chi connectivity index (χ4v) is 5.07. The lowest BCUT2D eigenvalue weighted by Crippen LogP contribution is -2.41. The highest BCUT2D eigenvalue weighted by Gasteiger charge is 2.32. The monoisotopic (exact) mass is 425 g/mol. The molecule has 0 radical (unpaired) electrons. The van der Waals surface area contributed by atoms with E-state index in [0.29, 0.717) is 17.1 Å². The Morgan fingerprint density at radius 2 is 2.04 bits per heavy atom. The van der Waals surface area contributed by atoms with E-state index in [-0.39, 0.29) is 41.8 Å². The highest BCUT2D eigenvalue weighted by atomic mass is 35.5. The first-order valence-corrected chi connectivity index (χ1v) is 11.4. The number of aromatic nitrogens is 2. The molecular weight excluding hydrogens is 402 g/mol. The van der Waals surface area contributed by atoms with E-state index >= 15 is 0 Å². The topological polar surface area (TPSA) is 101 Å². The lowest BCUT2D eigenvalue weighted by atomic mass is 10.1. The first-order chi connectivity index (χ1) is 13.2. The molecule has 0 spiro atoms. The Kier molecular flexibility index (Phi) is 6.12. The van der Waals surface area contributed by atoms with Gasteiger partial charge < -0.3 is 10.4 Å². The number of halogens is 1. The van der Waals surface area contributed by atoms with Gasteiger partial charge in [-0.2, -0.15) is 5.10 Å². The van der Waals surface area contributed by atoms with E-state index in [1.54, 1.807) is 22.9 Å². The number of nitrogens with zero attached hydrogens (tertiary/aromatic N) is 2. The number of carbonyl (C=O) groups excluding carboxylic acids is 1. The highest BCUT2D eigenvalue weighted by Crippen LogP contribution is 2.30. The molecule has 0 aliphatic carbocycles. The van der Waals surface area contributed by atoms with E-state index in [4.69, 9.17) is 11.6 Å². The smallest absolute Gasteiger partial charge is 0.272 e. The van der Waals surface area contributed by atoms with E-state index in [9.17, 15) is 18.3 Å². The molecule has 1 saturated heterocycles. The van der Waals surface area contributed by atoms with E-state index < -0.39 is 15.7 Å². The van der Waals surface area contributed by atoms with Crippen LogP contribution in [0.5, 0.6) is 0 Å². The Labute approximate surface area is 169 Å². The Hall–Kier alpha value is -1.90. The second kappa shape index (κ2) is 8.23. The van der Waals surface area contributed by atoms with Crippen LogP contribution in [0.15, 0.2) is 30.3 Å². The molecular formula is C19H24ClN3O4S. The molecule has 28 heavy (non-hydrogen) atoms. The average Bonchev–Trinajstić information content (AvgIpc) is 3.23. The standard InChI is InChI=1S/C19H24ClN3O4S/c1-12(2)17(10-24)21-19(25)16-9-18(13-3-5-14(20)6-4-13)23(22-16)15-7-8-28(26,27)11-15/h3-6,9,12,15,17,24H,7-8,10-11H2,1-2H3,(H,21,25)/t15-,17-/m1/s1. The zero-order valence-electron chi connectivity index (χ0n) is 15.8. The van der Waals surface area contributed by atoms with Crippen molar-refractivity contribution < 1.29 is 18.3 Å². The van der Waals surface area contributed by atoms with Crippen LogP contribution in [0.3, 0.4) is 0 Å². The number of rotatable bonds is 6. The minimum absolute atomic E-state index is 0.00158. The number of aliphatic hydroxyl groups is 1. The minimum Gasteiger partial charge on any atom is -0.394 e. The molecule has 0 bridgehead atoms. The van der Waals surface area contributed by atoms with Gasteiger partial charge in [0, 0.05) is 5.02 Å². The summed E-state index contributed by atoms with van der Waals surface area (Å²) in [6.07, 6.45) is 0.455. The Balaban J connectivity index is 1.98. The number of amides is 1. The maximum atomic E-state index is 12.7. The summed E-state index contributed by atoms with van der Waals surface area (Å²) in [6, 6.07) is 8.04. The van der Waals surface area contributed by atoms with Crippen LogP contribution in [0.2, 0.25) is 5.02 Å². The summed E-state index contributed by atoms with van der Waals surface area (Å²) in [4.78, 5) is 12.7. The first kappa shape index (κ1) is 20.8. The predicted molar refractivity (Wildman–Crippen MR) is 108 cm³/mol. The normalized spacial score (nSPS) is 19.7. The number of aliphatic hydroxyl groups excluding tert-OH is 1. The fraction of sp³-hybridized carbons (Fsp3) is 0.474. The van der Waals surface area contributed by atoms with Crippen molar-refractivity contribution in [2.75, 3.05) is 18.1 Å². The van der Waals surface area contributed by atoms with Gasteiger partial charge in [0.05, 0.1) is 35.9 Å². The molecule has 2 atom stereocenters. The molecule has 1 aromatic heterocycles. The second-order valence-electron chi connectivity index (χ2n) is 7.43. The first-order valence-electron chi connectivity index (χ1n) is 9.18. The molecule has 9 heteroatoms. The van der Waals surface area contributed by atoms with Crippen LogP contribution in [-0.2, 0) is 9.84 Å². The molecule has 1 aliphatic rings. The van der Waals surface area contributed by atoms with Crippen LogP contribution in [0, 0.1) is 5.92 Å². The van der Waals surface area contributed by atoms with E-state index in [2.05, 4.69) is 10.4 Å². The SMILES string of the molecule is CC(C)[C@@H](CO)NC(=O)c1cc(-c2ccc(Cl)cc2)n([C@@H]2CCS(=O)(=O)C2)n1. The van der Waals surface area contributed by atoms with E-state index in [0.717, 1.165) is 5.56 Å². The lowest BCUT2D eigenvalue weighted by Gasteiger charge is -2.19. The molecule has 7 nitrogen and oxygen atoms in total. The molecule has 1 amide bonds. The predicted octanol–water partition coefficient (Wildman–Crippen LogP) is 2.31. The van der Waals surface area contributed by atoms with Crippen molar-refractivity contribution in [3.8, 4) is 11.3 Å². The number of benzene rings is 1. The second-order valence-corrected chi connectivity index (χ2v) is 10.1. The van der Waals surface area contributed by atoms with E-state index in [1.807, 2.05) is 26.0 Å². The minimum atomic E-state index is -3.11. The molecule has 2 N–H and O–H groups in total. The van der Waals surface area contributed by atoms with Gasteiger partial charge >= 0.3 is 0 Å². The molecule has 152 valence electrons. The van der Waals surface area contributed by atoms with Gasteiger partial charge in [-0.25, -0.2) is 8.42 Å². The number of carbonyl (C=O) groups is 1. The van der Waals surface area contributed by atoms with Crippen LogP contribution in [-0.4, -0.2) is 53.4 Å². The van der Waals surface area contributed by atoms with Gasteiger partial charge in [-0.3, -0.25) is 9.48 Å². The lowest BCUT2D eigenvalue weighted by molar-refractivity contribution is 0.0890. The molecule has 1 fully saturated rings. The Morgan fingerprint density at radius 3 is 2.57 bits per heavy atom. The zero-order valence-corrected chi connectivity index (χ0v) is 17.4. The quantitative estimate of drug-likeness (QED) is 0.739. The van der Waals surface area contributed by atoms with Crippen molar-refractivity contribution in [1.82, 2.24) is 15.1 Å². The highest BCUT2D eigenvalue weighted by molar-refractivity contribution is 7.91. The van der Waals surface area contributed by atoms with Crippen LogP contribution < -0.4 is 5.32 Å². The average molecular weight is 426 g/mol. The number of sulfone groups is 1. The molecule has 3 rings (SSSR count). The van der Waals surface area contributed by atoms with Gasteiger partial charge in [0.1, 0.15) is 0 Å². The van der Waals surface area contributed by atoms with Crippen LogP contribution in [0.4, 0.5) is 0 Å². The maximum Gasteiger partial charge on any atom is 0.272 e. The van der Waals surface area contributed by atoms with Crippen molar-refractivity contribution in [2.24, 2.45) is 5.92 Å². The summed E-state index contributed by atoms with van der Waals surface area (Å²) in [5.41, 5.74) is 1.64. The summed E-state index contributed by atoms with van der Waals surface area (Å²) in [5.74, 6) is -0.227. The number of nitrogens with one attached hydrogen (secondary N) is 1. The largest absolute Gasteiger partial charge is 0.394 e.